The zero-order valence-electron chi connectivity index (χ0n) is 17.8. The Morgan fingerprint density at radius 2 is 1.74 bits per heavy atom. The third-order valence-corrected chi connectivity index (χ3v) is 5.42. The van der Waals surface area contributed by atoms with E-state index in [-0.39, 0.29) is 11.9 Å². The molecule has 3 aromatic rings. The first-order valence-corrected chi connectivity index (χ1v) is 10.1. The van der Waals surface area contributed by atoms with Crippen LogP contribution in [0.5, 0.6) is 17.2 Å². The van der Waals surface area contributed by atoms with Crippen LogP contribution < -0.4 is 14.2 Å². The van der Waals surface area contributed by atoms with Gasteiger partial charge in [-0.3, -0.25) is 4.79 Å². The number of carbonyl (C=O) groups excluding carboxylic acids is 1. The van der Waals surface area contributed by atoms with Crippen LogP contribution in [0.3, 0.4) is 0 Å². The lowest BCUT2D eigenvalue weighted by Crippen LogP contribution is -2.38. The van der Waals surface area contributed by atoms with Gasteiger partial charge in [0.2, 0.25) is 11.7 Å². The second-order valence-electron chi connectivity index (χ2n) is 7.30. The lowest BCUT2D eigenvalue weighted by molar-refractivity contribution is 0.0560. The number of carbonyl (C=O) groups is 1. The summed E-state index contributed by atoms with van der Waals surface area (Å²) in [6.07, 6.45) is 2.65. The number of hydrogen-bond acceptors (Lipinski definition) is 7. The van der Waals surface area contributed by atoms with Gasteiger partial charge in [-0.05, 0) is 43.5 Å². The Morgan fingerprint density at radius 3 is 2.45 bits per heavy atom. The predicted octanol–water partition coefficient (Wildman–Crippen LogP) is 4.13. The van der Waals surface area contributed by atoms with Gasteiger partial charge < -0.3 is 23.6 Å². The van der Waals surface area contributed by atoms with E-state index in [0.717, 1.165) is 24.8 Å². The predicted molar refractivity (Wildman–Crippen MR) is 113 cm³/mol. The molecule has 0 aliphatic carbocycles. The van der Waals surface area contributed by atoms with E-state index in [1.807, 2.05) is 24.3 Å². The molecule has 8 nitrogen and oxygen atoms in total. The maximum absolute atomic E-state index is 13.4. The van der Waals surface area contributed by atoms with Crippen LogP contribution in [0, 0.1) is 0 Å². The van der Waals surface area contributed by atoms with Crippen molar-refractivity contribution < 1.29 is 23.5 Å². The Bertz CT molecular complexity index is 1040. The Kier molecular flexibility index (Phi) is 6.06. The summed E-state index contributed by atoms with van der Waals surface area (Å²) in [5, 5.41) is 4.14. The fraction of sp³-hybridized carbons (Fsp3) is 0.348. The smallest absolute Gasteiger partial charge is 0.254 e. The van der Waals surface area contributed by atoms with E-state index in [1.54, 1.807) is 44.4 Å². The van der Waals surface area contributed by atoms with Crippen molar-refractivity contribution in [2.45, 2.75) is 25.3 Å². The normalized spacial score (nSPS) is 16.1. The van der Waals surface area contributed by atoms with Gasteiger partial charge in [-0.15, -0.1) is 0 Å². The maximum atomic E-state index is 13.4. The lowest BCUT2D eigenvalue weighted by atomic mass is 10.0. The minimum Gasteiger partial charge on any atom is -0.497 e. The fourth-order valence-corrected chi connectivity index (χ4v) is 3.78. The molecule has 0 N–H and O–H groups in total. The zero-order chi connectivity index (χ0) is 21.8. The molecule has 1 aliphatic heterocycles. The summed E-state index contributed by atoms with van der Waals surface area (Å²) in [6.45, 7) is 0.611. The molecule has 0 unspecified atom stereocenters. The van der Waals surface area contributed by atoms with E-state index in [9.17, 15) is 4.79 Å². The van der Waals surface area contributed by atoms with Crippen molar-refractivity contribution in [2.75, 3.05) is 27.9 Å². The summed E-state index contributed by atoms with van der Waals surface area (Å²) in [4.78, 5) is 19.8. The average molecular weight is 423 g/mol. The van der Waals surface area contributed by atoms with E-state index in [0.29, 0.717) is 41.1 Å². The van der Waals surface area contributed by atoms with E-state index < -0.39 is 0 Å². The number of benzene rings is 2. The van der Waals surface area contributed by atoms with Crippen LogP contribution in [0.15, 0.2) is 47.0 Å². The van der Waals surface area contributed by atoms with Crippen LogP contribution >= 0.6 is 0 Å². The number of likely N-dealkylation sites (tertiary alicyclic amines) is 1. The minimum atomic E-state index is -0.287. The van der Waals surface area contributed by atoms with Crippen molar-refractivity contribution >= 4 is 5.91 Å². The monoisotopic (exact) mass is 423 g/mol. The first kappa shape index (κ1) is 20.7. The quantitative estimate of drug-likeness (QED) is 0.589. The summed E-state index contributed by atoms with van der Waals surface area (Å²) < 4.78 is 21.5. The number of rotatable bonds is 6. The van der Waals surface area contributed by atoms with E-state index in [4.69, 9.17) is 18.7 Å². The van der Waals surface area contributed by atoms with E-state index in [2.05, 4.69) is 10.1 Å². The molecule has 1 aliphatic rings. The van der Waals surface area contributed by atoms with Crippen LogP contribution in [-0.2, 0) is 0 Å². The molecular weight excluding hydrogens is 398 g/mol. The first-order valence-electron chi connectivity index (χ1n) is 10.1. The second kappa shape index (κ2) is 9.07. The summed E-state index contributed by atoms with van der Waals surface area (Å²) in [5.41, 5.74) is 1.29. The number of methoxy groups -OCH3 is 3. The molecule has 4 rings (SSSR count). The Labute approximate surface area is 180 Å². The van der Waals surface area contributed by atoms with Crippen molar-refractivity contribution in [1.82, 2.24) is 15.0 Å². The van der Waals surface area contributed by atoms with Crippen molar-refractivity contribution in [1.29, 1.82) is 0 Å². The third kappa shape index (κ3) is 4.33. The molecule has 1 saturated heterocycles. The molecule has 1 fully saturated rings. The molecule has 0 radical (unpaired) electrons. The largest absolute Gasteiger partial charge is 0.497 e. The lowest BCUT2D eigenvalue weighted by Gasteiger charge is -2.33. The van der Waals surface area contributed by atoms with Gasteiger partial charge >= 0.3 is 0 Å². The summed E-state index contributed by atoms with van der Waals surface area (Å²) in [7, 11) is 4.73. The Balaban J connectivity index is 1.62. The fourth-order valence-electron chi connectivity index (χ4n) is 3.78. The van der Waals surface area contributed by atoms with Gasteiger partial charge in [-0.25, -0.2) is 0 Å². The van der Waals surface area contributed by atoms with Crippen LogP contribution in [0.4, 0.5) is 0 Å². The highest BCUT2D eigenvalue weighted by Crippen LogP contribution is 2.34. The van der Waals surface area contributed by atoms with Gasteiger partial charge in [0.05, 0.1) is 21.3 Å². The van der Waals surface area contributed by atoms with Gasteiger partial charge in [-0.2, -0.15) is 4.98 Å². The van der Waals surface area contributed by atoms with E-state index in [1.165, 1.54) is 0 Å². The van der Waals surface area contributed by atoms with Gasteiger partial charge in [-0.1, -0.05) is 17.3 Å². The summed E-state index contributed by atoms with van der Waals surface area (Å²) in [6, 6.07) is 12.3. The number of aromatic nitrogens is 2. The number of nitrogens with zero attached hydrogens (tertiary/aromatic N) is 3. The van der Waals surface area contributed by atoms with Crippen molar-refractivity contribution in [3.05, 3.63) is 53.9 Å². The SMILES string of the molecule is COc1cc(OC)cc(C(=O)N2CCCC[C@H]2c2nc(-c3cccc(OC)c3)no2)c1. The zero-order valence-corrected chi connectivity index (χ0v) is 17.8. The van der Waals surface area contributed by atoms with Crippen LogP contribution in [0.25, 0.3) is 11.4 Å². The minimum absolute atomic E-state index is 0.122. The Hall–Kier alpha value is -3.55. The highest BCUT2D eigenvalue weighted by Gasteiger charge is 2.33. The van der Waals surface area contributed by atoms with Crippen molar-refractivity contribution in [3.63, 3.8) is 0 Å². The number of hydrogen-bond donors (Lipinski definition) is 0. The van der Waals surface area contributed by atoms with Gasteiger partial charge in [0.15, 0.2) is 0 Å². The molecule has 0 spiro atoms. The van der Waals surface area contributed by atoms with Crippen LogP contribution in [-0.4, -0.2) is 48.8 Å². The van der Waals surface area contributed by atoms with Crippen LogP contribution in [0.1, 0.15) is 41.6 Å². The maximum Gasteiger partial charge on any atom is 0.254 e. The number of piperidine rings is 1. The molecule has 0 bridgehead atoms. The van der Waals surface area contributed by atoms with Crippen LogP contribution in [0.2, 0.25) is 0 Å². The molecule has 162 valence electrons. The highest BCUT2D eigenvalue weighted by atomic mass is 16.5. The molecule has 0 saturated carbocycles. The third-order valence-electron chi connectivity index (χ3n) is 5.42. The average Bonchev–Trinajstić information content (AvgIpc) is 3.33. The standard InChI is InChI=1S/C23H25N3O5/c1-28-17-8-6-7-15(11-17)21-24-22(31-25-21)20-9-4-5-10-26(20)23(27)16-12-18(29-2)14-19(13-16)30-3/h6-8,11-14,20H,4-5,9-10H2,1-3H3/t20-/m0/s1. The van der Waals surface area contributed by atoms with E-state index >= 15 is 0 Å². The van der Waals surface area contributed by atoms with Gasteiger partial charge in [0.25, 0.3) is 5.91 Å². The molecule has 2 aromatic carbocycles. The summed E-state index contributed by atoms with van der Waals surface area (Å²) >= 11 is 0. The summed E-state index contributed by atoms with van der Waals surface area (Å²) in [5.74, 6) is 2.62. The molecule has 8 heteroatoms. The first-order chi connectivity index (χ1) is 15.1. The molecule has 1 amide bonds. The van der Waals surface area contributed by atoms with Gasteiger partial charge in [0.1, 0.15) is 23.3 Å². The second-order valence-corrected chi connectivity index (χ2v) is 7.30. The number of ether oxygens (including phenoxy) is 3. The molecule has 1 atom stereocenters. The number of amides is 1. The van der Waals surface area contributed by atoms with Crippen molar-refractivity contribution in [3.8, 4) is 28.6 Å². The molecule has 2 heterocycles. The molecular formula is C23H25N3O5. The Morgan fingerprint density at radius 1 is 1.00 bits per heavy atom. The van der Waals surface area contributed by atoms with Crippen molar-refractivity contribution in [2.24, 2.45) is 0 Å². The molecule has 31 heavy (non-hydrogen) atoms. The molecule has 1 aromatic heterocycles. The van der Waals surface area contributed by atoms with Gasteiger partial charge in [0, 0.05) is 23.7 Å². The highest BCUT2D eigenvalue weighted by molar-refractivity contribution is 5.95. The topological polar surface area (TPSA) is 86.9 Å².